The molecule has 0 spiro atoms. The summed E-state index contributed by atoms with van der Waals surface area (Å²) >= 11 is 5.96. The van der Waals surface area contributed by atoms with E-state index in [-0.39, 0.29) is 5.56 Å². The van der Waals surface area contributed by atoms with Crippen LogP contribution in [0.5, 0.6) is 0 Å². The molecule has 148 valence electrons. The number of anilines is 1. The van der Waals surface area contributed by atoms with Gasteiger partial charge in [-0.3, -0.25) is 9.36 Å². The Bertz CT molecular complexity index is 1290. The zero-order valence-electron chi connectivity index (χ0n) is 16.3. The quantitative estimate of drug-likeness (QED) is 0.364. The average Bonchev–Trinajstić information content (AvgIpc) is 2.78. The lowest BCUT2D eigenvalue weighted by molar-refractivity contribution is 0.846. The maximum Gasteiger partial charge on any atom is 0.262 e. The van der Waals surface area contributed by atoms with Crippen LogP contribution < -0.4 is 11.0 Å². The molecule has 1 heterocycles. The van der Waals surface area contributed by atoms with E-state index in [9.17, 15) is 4.79 Å². The number of nitrogens with zero attached hydrogens (tertiary/aromatic N) is 3. The second-order valence-corrected chi connectivity index (χ2v) is 7.11. The van der Waals surface area contributed by atoms with Crippen molar-refractivity contribution in [1.29, 1.82) is 0 Å². The molecule has 1 aromatic heterocycles. The molecule has 0 aliphatic rings. The zero-order chi connectivity index (χ0) is 20.9. The van der Waals surface area contributed by atoms with Crippen LogP contribution in [0.1, 0.15) is 11.1 Å². The summed E-state index contributed by atoms with van der Waals surface area (Å²) in [7, 11) is 1.67. The summed E-state index contributed by atoms with van der Waals surface area (Å²) in [5.41, 5.74) is 6.08. The highest BCUT2D eigenvalue weighted by molar-refractivity contribution is 6.30. The van der Waals surface area contributed by atoms with E-state index in [0.29, 0.717) is 27.6 Å². The van der Waals surface area contributed by atoms with Crippen molar-refractivity contribution < 1.29 is 0 Å². The molecule has 0 aliphatic heterocycles. The standard InChI is InChI=1S/C24H19ClN4O/c1-29-23(30)20-9-5-6-10-22(20)26-24(29)28-27-21(18-7-3-2-4-8-18)16-13-17-11-14-19(25)15-12-17/h2-16H,1H3,(H,26,28)/b16-13+,27-21-. The van der Waals surface area contributed by atoms with Crippen molar-refractivity contribution in [3.05, 3.63) is 111 Å². The molecule has 0 saturated heterocycles. The topological polar surface area (TPSA) is 59.3 Å². The van der Waals surface area contributed by atoms with Crippen LogP contribution in [-0.2, 0) is 7.05 Å². The highest BCUT2D eigenvalue weighted by Crippen LogP contribution is 2.13. The average molecular weight is 415 g/mol. The molecule has 6 heteroatoms. The Kier molecular flexibility index (Phi) is 5.72. The SMILES string of the molecule is Cn1c(N/N=C(/C=C/c2ccc(Cl)cc2)c2ccccc2)nc2ccccc2c1=O. The van der Waals surface area contributed by atoms with Gasteiger partial charge in [0.05, 0.1) is 16.6 Å². The molecule has 0 aliphatic carbocycles. The number of para-hydroxylation sites is 1. The first-order valence-electron chi connectivity index (χ1n) is 9.40. The number of rotatable bonds is 5. The van der Waals surface area contributed by atoms with Crippen LogP contribution in [0, 0.1) is 0 Å². The van der Waals surface area contributed by atoms with Crippen LogP contribution in [0.3, 0.4) is 0 Å². The molecule has 0 saturated carbocycles. The number of allylic oxidation sites excluding steroid dienone is 1. The molecule has 0 bridgehead atoms. The Labute approximate surface area is 179 Å². The summed E-state index contributed by atoms with van der Waals surface area (Å²) in [6.07, 6.45) is 3.86. The van der Waals surface area contributed by atoms with Gasteiger partial charge in [0, 0.05) is 17.6 Å². The number of halogens is 1. The minimum atomic E-state index is -0.128. The van der Waals surface area contributed by atoms with Crippen molar-refractivity contribution in [2.45, 2.75) is 0 Å². The predicted molar refractivity (Wildman–Crippen MR) is 124 cm³/mol. The Morgan fingerprint density at radius 2 is 1.70 bits per heavy atom. The molecule has 5 nitrogen and oxygen atoms in total. The molecule has 30 heavy (non-hydrogen) atoms. The maximum atomic E-state index is 12.6. The number of nitrogens with one attached hydrogen (secondary N) is 1. The maximum absolute atomic E-state index is 12.6. The lowest BCUT2D eigenvalue weighted by Crippen LogP contribution is -2.21. The number of benzene rings is 3. The fourth-order valence-electron chi connectivity index (χ4n) is 2.98. The normalized spacial score (nSPS) is 11.9. The van der Waals surface area contributed by atoms with Gasteiger partial charge in [0.2, 0.25) is 5.95 Å². The van der Waals surface area contributed by atoms with Gasteiger partial charge >= 0.3 is 0 Å². The van der Waals surface area contributed by atoms with Crippen LogP contribution in [0.15, 0.2) is 94.8 Å². The van der Waals surface area contributed by atoms with Gasteiger partial charge < -0.3 is 0 Å². The first-order chi connectivity index (χ1) is 14.6. The highest BCUT2D eigenvalue weighted by atomic mass is 35.5. The number of hydrogen-bond donors (Lipinski definition) is 1. The van der Waals surface area contributed by atoms with Crippen LogP contribution >= 0.6 is 11.6 Å². The summed E-state index contributed by atoms with van der Waals surface area (Å²) in [5, 5.41) is 5.80. The Balaban J connectivity index is 1.71. The molecular formula is C24H19ClN4O. The summed E-state index contributed by atoms with van der Waals surface area (Å²) in [6.45, 7) is 0. The highest BCUT2D eigenvalue weighted by Gasteiger charge is 2.07. The monoisotopic (exact) mass is 414 g/mol. The summed E-state index contributed by atoms with van der Waals surface area (Å²) < 4.78 is 1.46. The molecule has 1 N–H and O–H groups in total. The van der Waals surface area contributed by atoms with E-state index in [1.807, 2.05) is 84.9 Å². The second-order valence-electron chi connectivity index (χ2n) is 6.68. The van der Waals surface area contributed by atoms with E-state index in [1.54, 1.807) is 13.1 Å². The molecule has 0 unspecified atom stereocenters. The minimum absolute atomic E-state index is 0.128. The van der Waals surface area contributed by atoms with E-state index in [4.69, 9.17) is 11.6 Å². The van der Waals surface area contributed by atoms with Crippen molar-refractivity contribution in [3.63, 3.8) is 0 Å². The van der Waals surface area contributed by atoms with Crippen molar-refractivity contribution in [1.82, 2.24) is 9.55 Å². The summed E-state index contributed by atoms with van der Waals surface area (Å²) in [5.74, 6) is 0.368. The van der Waals surface area contributed by atoms with E-state index >= 15 is 0 Å². The number of aromatic nitrogens is 2. The van der Waals surface area contributed by atoms with E-state index in [1.165, 1.54) is 4.57 Å². The summed E-state index contributed by atoms with van der Waals surface area (Å²) in [6, 6.07) is 24.6. The Hall–Kier alpha value is -3.70. The van der Waals surface area contributed by atoms with Crippen LogP contribution in [-0.4, -0.2) is 15.3 Å². The van der Waals surface area contributed by atoms with E-state index in [0.717, 1.165) is 11.1 Å². The van der Waals surface area contributed by atoms with E-state index < -0.39 is 0 Å². The first kappa shape index (κ1) is 19.6. The number of fused-ring (bicyclic) bond motifs is 1. The lowest BCUT2D eigenvalue weighted by Gasteiger charge is -2.09. The lowest BCUT2D eigenvalue weighted by atomic mass is 10.1. The molecule has 0 atom stereocenters. The van der Waals surface area contributed by atoms with Gasteiger partial charge in [-0.15, -0.1) is 0 Å². The van der Waals surface area contributed by atoms with Crippen molar-refractivity contribution in [3.8, 4) is 0 Å². The van der Waals surface area contributed by atoms with Gasteiger partial charge in [0.15, 0.2) is 0 Å². The molecule has 0 fully saturated rings. The predicted octanol–water partition coefficient (Wildman–Crippen LogP) is 5.12. The molecule has 0 amide bonds. The summed E-state index contributed by atoms with van der Waals surface area (Å²) in [4.78, 5) is 17.1. The third kappa shape index (κ3) is 4.31. The minimum Gasteiger partial charge on any atom is -0.280 e. The van der Waals surface area contributed by atoms with Gasteiger partial charge in [-0.25, -0.2) is 10.4 Å². The molecule has 4 aromatic rings. The fourth-order valence-corrected chi connectivity index (χ4v) is 3.11. The van der Waals surface area contributed by atoms with E-state index in [2.05, 4.69) is 15.5 Å². The molecule has 4 rings (SSSR count). The Morgan fingerprint density at radius 1 is 1.00 bits per heavy atom. The third-order valence-electron chi connectivity index (χ3n) is 4.63. The smallest absolute Gasteiger partial charge is 0.262 e. The van der Waals surface area contributed by atoms with Crippen molar-refractivity contribution in [2.75, 3.05) is 5.43 Å². The number of hydrazone groups is 1. The molecular weight excluding hydrogens is 396 g/mol. The molecule has 0 radical (unpaired) electrons. The first-order valence-corrected chi connectivity index (χ1v) is 9.78. The second kappa shape index (κ2) is 8.76. The number of hydrogen-bond acceptors (Lipinski definition) is 4. The van der Waals surface area contributed by atoms with Gasteiger partial charge in [-0.05, 0) is 35.9 Å². The van der Waals surface area contributed by atoms with Crippen LogP contribution in [0.4, 0.5) is 5.95 Å². The van der Waals surface area contributed by atoms with Gasteiger partial charge in [0.1, 0.15) is 0 Å². The van der Waals surface area contributed by atoms with Gasteiger partial charge in [-0.1, -0.05) is 72.3 Å². The third-order valence-corrected chi connectivity index (χ3v) is 4.88. The van der Waals surface area contributed by atoms with Crippen molar-refractivity contribution >= 4 is 40.2 Å². The van der Waals surface area contributed by atoms with Crippen molar-refractivity contribution in [2.24, 2.45) is 12.1 Å². The van der Waals surface area contributed by atoms with Gasteiger partial charge in [-0.2, -0.15) is 5.10 Å². The Morgan fingerprint density at radius 3 is 2.47 bits per heavy atom. The van der Waals surface area contributed by atoms with Crippen LogP contribution in [0.2, 0.25) is 5.02 Å². The van der Waals surface area contributed by atoms with Crippen LogP contribution in [0.25, 0.3) is 17.0 Å². The zero-order valence-corrected chi connectivity index (χ0v) is 17.0. The fraction of sp³-hybridized carbons (Fsp3) is 0.0417. The molecule has 3 aromatic carbocycles. The largest absolute Gasteiger partial charge is 0.280 e. The van der Waals surface area contributed by atoms with Gasteiger partial charge in [0.25, 0.3) is 5.56 Å².